The summed E-state index contributed by atoms with van der Waals surface area (Å²) in [7, 11) is 1.27. The third-order valence-electron chi connectivity index (χ3n) is 5.40. The first-order chi connectivity index (χ1) is 16.0. The fourth-order valence-electron chi connectivity index (χ4n) is 3.77. The Morgan fingerprint density at radius 3 is 2.64 bits per heavy atom. The molecule has 0 spiro atoms. The normalized spacial score (nSPS) is 11.1. The number of carbonyl (C=O) groups is 1. The predicted octanol–water partition coefficient (Wildman–Crippen LogP) is 4.37. The molecule has 2 heterocycles. The van der Waals surface area contributed by atoms with Gasteiger partial charge in [0.2, 0.25) is 5.95 Å². The molecule has 0 bridgehead atoms. The number of aromatic nitrogens is 4. The molecular weight excluding hydrogens is 425 g/mol. The van der Waals surface area contributed by atoms with Crippen molar-refractivity contribution < 1.29 is 13.9 Å². The number of rotatable bonds is 4. The molecule has 164 valence electrons. The lowest BCUT2D eigenvalue weighted by atomic mass is 9.98. The minimum atomic E-state index is -0.624. The van der Waals surface area contributed by atoms with Crippen LogP contribution in [0.4, 0.5) is 15.1 Å². The number of anilines is 1. The summed E-state index contributed by atoms with van der Waals surface area (Å²) in [5.41, 5.74) is 3.78. The highest BCUT2D eigenvalue weighted by Crippen LogP contribution is 2.27. The quantitative estimate of drug-likeness (QED) is 0.382. The predicted molar refractivity (Wildman–Crippen MR) is 123 cm³/mol. The Bertz CT molecular complexity index is 1570. The van der Waals surface area contributed by atoms with Crippen LogP contribution in [0.5, 0.6) is 0 Å². The van der Waals surface area contributed by atoms with Crippen molar-refractivity contribution in [1.29, 1.82) is 0 Å². The van der Waals surface area contributed by atoms with E-state index in [0.717, 1.165) is 11.1 Å². The molecule has 2 aromatic heterocycles. The van der Waals surface area contributed by atoms with Crippen LogP contribution in [0.2, 0.25) is 0 Å². The zero-order valence-corrected chi connectivity index (χ0v) is 17.5. The second kappa shape index (κ2) is 8.19. The van der Waals surface area contributed by atoms with Gasteiger partial charge in [-0.05, 0) is 47.0 Å². The third-order valence-corrected chi connectivity index (χ3v) is 5.40. The van der Waals surface area contributed by atoms with Crippen molar-refractivity contribution in [3.63, 3.8) is 0 Å². The van der Waals surface area contributed by atoms with Gasteiger partial charge in [-0.15, -0.1) is 0 Å². The number of hydrogen-bond acceptors (Lipinski definition) is 5. The van der Waals surface area contributed by atoms with Crippen molar-refractivity contribution in [2.45, 2.75) is 6.42 Å². The molecule has 0 fully saturated rings. The summed E-state index contributed by atoms with van der Waals surface area (Å²) in [5, 5.41) is 10.3. The van der Waals surface area contributed by atoms with Gasteiger partial charge in [-0.25, -0.2) is 19.3 Å². The molecule has 0 saturated heterocycles. The molecule has 0 aliphatic carbocycles. The maximum absolute atomic E-state index is 14.7. The molecule has 0 saturated carbocycles. The minimum Gasteiger partial charge on any atom is -0.453 e. The van der Waals surface area contributed by atoms with E-state index in [1.807, 2.05) is 24.3 Å². The van der Waals surface area contributed by atoms with Gasteiger partial charge < -0.3 is 9.72 Å². The van der Waals surface area contributed by atoms with E-state index in [2.05, 4.69) is 30.2 Å². The Hall–Kier alpha value is -4.53. The topological polar surface area (TPSA) is 113 Å². The maximum Gasteiger partial charge on any atom is 0.413 e. The highest BCUT2D eigenvalue weighted by Gasteiger charge is 2.13. The number of H-pyrrole nitrogens is 2. The molecule has 3 N–H and O–H groups in total. The maximum atomic E-state index is 14.7. The standard InChI is InChI=1S/C24H18FN5O3/c1-33-24(32)28-23-26-19-9-7-14(11-21(19)27-23)13-6-8-18(25)15(10-13)12-20-16-4-2-3-5-17(16)22(31)30-29-20/h2-11H,12H2,1H3,(H,30,31)(H2,26,27,28,32). The van der Waals surface area contributed by atoms with Crippen molar-refractivity contribution in [2.75, 3.05) is 12.4 Å². The SMILES string of the molecule is COC(=O)Nc1nc2ccc(-c3ccc(F)c(Cc4n[nH]c(=O)c5ccccc45)c3)cc2[nH]1. The molecule has 33 heavy (non-hydrogen) atoms. The summed E-state index contributed by atoms with van der Waals surface area (Å²) in [6, 6.07) is 17.6. The van der Waals surface area contributed by atoms with E-state index in [1.165, 1.54) is 13.2 Å². The Balaban J connectivity index is 1.50. The number of fused-ring (bicyclic) bond motifs is 2. The lowest BCUT2D eigenvalue weighted by Crippen LogP contribution is -2.11. The summed E-state index contributed by atoms with van der Waals surface area (Å²) >= 11 is 0. The van der Waals surface area contributed by atoms with Crippen LogP contribution in [0.1, 0.15) is 11.3 Å². The summed E-state index contributed by atoms with van der Waals surface area (Å²) < 4.78 is 19.3. The number of imidazole rings is 1. The number of nitrogens with one attached hydrogen (secondary N) is 3. The van der Waals surface area contributed by atoms with E-state index in [0.29, 0.717) is 33.1 Å². The molecule has 8 nitrogen and oxygen atoms in total. The number of halogens is 1. The lowest BCUT2D eigenvalue weighted by Gasteiger charge is -2.09. The van der Waals surface area contributed by atoms with Gasteiger partial charge in [0.05, 0.1) is 29.2 Å². The van der Waals surface area contributed by atoms with Crippen LogP contribution in [-0.2, 0) is 11.2 Å². The van der Waals surface area contributed by atoms with Gasteiger partial charge in [0.15, 0.2) is 0 Å². The van der Waals surface area contributed by atoms with Crippen LogP contribution < -0.4 is 10.9 Å². The van der Waals surface area contributed by atoms with Crippen molar-refractivity contribution in [2.24, 2.45) is 0 Å². The van der Waals surface area contributed by atoms with Gasteiger partial charge >= 0.3 is 6.09 Å². The van der Waals surface area contributed by atoms with Crippen LogP contribution >= 0.6 is 0 Å². The van der Waals surface area contributed by atoms with Gasteiger partial charge in [0.25, 0.3) is 5.56 Å². The first-order valence-electron chi connectivity index (χ1n) is 10.1. The Labute approximate surface area is 186 Å². The largest absolute Gasteiger partial charge is 0.453 e. The number of amides is 1. The summed E-state index contributed by atoms with van der Waals surface area (Å²) in [6.07, 6.45) is -0.406. The van der Waals surface area contributed by atoms with Crippen molar-refractivity contribution in [1.82, 2.24) is 20.2 Å². The number of aromatic amines is 2. The average Bonchev–Trinajstić information content (AvgIpc) is 3.23. The molecule has 0 unspecified atom stereocenters. The second-order valence-electron chi connectivity index (χ2n) is 7.46. The smallest absolute Gasteiger partial charge is 0.413 e. The highest BCUT2D eigenvalue weighted by molar-refractivity contribution is 5.88. The zero-order chi connectivity index (χ0) is 22.9. The number of hydrogen-bond donors (Lipinski definition) is 3. The second-order valence-corrected chi connectivity index (χ2v) is 7.46. The van der Waals surface area contributed by atoms with E-state index >= 15 is 0 Å². The van der Waals surface area contributed by atoms with E-state index < -0.39 is 6.09 Å². The van der Waals surface area contributed by atoms with Gasteiger partial charge in [0, 0.05) is 11.8 Å². The van der Waals surface area contributed by atoms with E-state index in [4.69, 9.17) is 0 Å². The average molecular weight is 443 g/mol. The number of ether oxygens (including phenoxy) is 1. The number of carbonyl (C=O) groups excluding carboxylic acids is 1. The molecule has 1 amide bonds. The van der Waals surface area contributed by atoms with Crippen molar-refractivity contribution >= 4 is 33.8 Å². The van der Waals surface area contributed by atoms with Crippen LogP contribution in [0, 0.1) is 5.82 Å². The van der Waals surface area contributed by atoms with Crippen LogP contribution in [0.25, 0.3) is 32.9 Å². The van der Waals surface area contributed by atoms with Gasteiger partial charge in [-0.3, -0.25) is 10.1 Å². The van der Waals surface area contributed by atoms with E-state index in [1.54, 1.807) is 30.3 Å². The molecule has 3 aromatic carbocycles. The first-order valence-corrected chi connectivity index (χ1v) is 10.1. The fraction of sp³-hybridized carbons (Fsp3) is 0.0833. The molecule has 0 aliphatic rings. The third kappa shape index (κ3) is 3.91. The Morgan fingerprint density at radius 2 is 1.82 bits per heavy atom. The summed E-state index contributed by atoms with van der Waals surface area (Å²) in [6.45, 7) is 0. The van der Waals surface area contributed by atoms with Crippen LogP contribution in [0.3, 0.4) is 0 Å². The highest BCUT2D eigenvalue weighted by atomic mass is 19.1. The fourth-order valence-corrected chi connectivity index (χ4v) is 3.77. The minimum absolute atomic E-state index is 0.219. The molecule has 0 aliphatic heterocycles. The van der Waals surface area contributed by atoms with E-state index in [9.17, 15) is 14.0 Å². The number of benzene rings is 3. The zero-order valence-electron chi connectivity index (χ0n) is 17.5. The van der Waals surface area contributed by atoms with Gasteiger partial charge in [-0.2, -0.15) is 5.10 Å². The Kier molecular flexibility index (Phi) is 5.06. The van der Waals surface area contributed by atoms with Crippen LogP contribution in [0.15, 0.2) is 65.5 Å². The summed E-state index contributed by atoms with van der Waals surface area (Å²) in [5.74, 6) is -0.0900. The lowest BCUT2D eigenvalue weighted by molar-refractivity contribution is 0.186. The Morgan fingerprint density at radius 1 is 1.06 bits per heavy atom. The summed E-state index contributed by atoms with van der Waals surface area (Å²) in [4.78, 5) is 30.8. The van der Waals surface area contributed by atoms with E-state index in [-0.39, 0.29) is 23.7 Å². The van der Waals surface area contributed by atoms with Crippen LogP contribution in [-0.4, -0.2) is 33.4 Å². The molecule has 0 atom stereocenters. The number of nitrogens with zero attached hydrogens (tertiary/aromatic N) is 2. The first kappa shape index (κ1) is 20.4. The number of methoxy groups -OCH3 is 1. The van der Waals surface area contributed by atoms with Crippen molar-refractivity contribution in [3.8, 4) is 11.1 Å². The molecule has 0 radical (unpaired) electrons. The van der Waals surface area contributed by atoms with Gasteiger partial charge in [-0.1, -0.05) is 30.3 Å². The molecule has 5 rings (SSSR count). The molecular formula is C24H18FN5O3. The van der Waals surface area contributed by atoms with Crippen molar-refractivity contribution in [3.05, 3.63) is 88.1 Å². The monoisotopic (exact) mass is 443 g/mol. The van der Waals surface area contributed by atoms with Gasteiger partial charge in [0.1, 0.15) is 5.82 Å². The molecule has 9 heteroatoms. The molecule has 5 aromatic rings.